The van der Waals surface area contributed by atoms with Crippen molar-refractivity contribution >= 4 is 11.6 Å². The van der Waals surface area contributed by atoms with Crippen LogP contribution in [0.5, 0.6) is 5.75 Å². The third-order valence-corrected chi connectivity index (χ3v) is 3.48. The Balaban J connectivity index is 1.71. The molecule has 3 N–H and O–H groups in total. The van der Waals surface area contributed by atoms with Crippen molar-refractivity contribution in [1.29, 1.82) is 0 Å². The van der Waals surface area contributed by atoms with Crippen LogP contribution in [0.1, 0.15) is 12.8 Å². The lowest BCUT2D eigenvalue weighted by Crippen LogP contribution is -2.24. The van der Waals surface area contributed by atoms with E-state index in [9.17, 15) is 13.2 Å². The van der Waals surface area contributed by atoms with Gasteiger partial charge in [0.15, 0.2) is 11.7 Å². The van der Waals surface area contributed by atoms with Gasteiger partial charge < -0.3 is 25.3 Å². The number of nitrogens with one attached hydrogen (secondary N) is 1. The number of anilines is 1. The molecule has 0 bridgehead atoms. The molecule has 25 heavy (non-hydrogen) atoms. The highest BCUT2D eigenvalue weighted by molar-refractivity contribution is 5.93. The molecule has 1 atom stereocenters. The van der Waals surface area contributed by atoms with Crippen molar-refractivity contribution < 1.29 is 27.4 Å². The summed E-state index contributed by atoms with van der Waals surface area (Å²) in [6.45, 7) is 3.15. The molecule has 0 radical (unpaired) electrons. The minimum absolute atomic E-state index is 0.0161. The molecule has 0 aromatic heterocycles. The molecular weight excluding hydrogens is 339 g/mol. The second kappa shape index (κ2) is 9.47. The molecule has 1 aliphatic heterocycles. The molecule has 1 heterocycles. The Bertz CT molecular complexity index is 561. The van der Waals surface area contributed by atoms with E-state index < -0.39 is 6.36 Å². The number of guanidine groups is 1. The number of rotatable bonds is 8. The first-order chi connectivity index (χ1) is 11.9. The third-order valence-electron chi connectivity index (χ3n) is 3.48. The van der Waals surface area contributed by atoms with E-state index in [1.54, 1.807) is 6.07 Å². The summed E-state index contributed by atoms with van der Waals surface area (Å²) < 4.78 is 51.8. The van der Waals surface area contributed by atoms with E-state index in [0.29, 0.717) is 32.1 Å². The first-order valence-corrected chi connectivity index (χ1v) is 8.01. The topological polar surface area (TPSA) is 78.1 Å². The maximum absolute atomic E-state index is 12.4. The standard InChI is InChI=1S/C16H22F3N3O3/c17-16(18,19)25-14-5-2-1-4-13(14)22-15(20)21-7-3-8-23-10-12-6-9-24-11-12/h1-2,4-5,12H,3,6-11H2,(H3,20,21,22). The molecule has 1 saturated heterocycles. The number of benzene rings is 1. The number of para-hydroxylation sites is 2. The van der Waals surface area contributed by atoms with Gasteiger partial charge in [0, 0.05) is 25.7 Å². The summed E-state index contributed by atoms with van der Waals surface area (Å²) in [5, 5.41) is 2.61. The van der Waals surface area contributed by atoms with Gasteiger partial charge in [-0.05, 0) is 25.0 Å². The molecule has 0 saturated carbocycles. The number of halogens is 3. The molecule has 140 valence electrons. The second-order valence-electron chi connectivity index (χ2n) is 5.59. The predicted octanol–water partition coefficient (Wildman–Crippen LogP) is 2.75. The molecule has 9 heteroatoms. The fourth-order valence-electron chi connectivity index (χ4n) is 2.29. The fraction of sp³-hybridized carbons (Fsp3) is 0.562. The highest BCUT2D eigenvalue weighted by atomic mass is 19.4. The molecule has 0 amide bonds. The Hall–Kier alpha value is -2.00. The highest BCUT2D eigenvalue weighted by Gasteiger charge is 2.32. The van der Waals surface area contributed by atoms with Gasteiger partial charge in [0.2, 0.25) is 0 Å². The fourth-order valence-corrected chi connectivity index (χ4v) is 2.29. The lowest BCUT2D eigenvalue weighted by Gasteiger charge is -2.14. The number of alkyl halides is 3. The van der Waals surface area contributed by atoms with Gasteiger partial charge in [0.25, 0.3) is 0 Å². The average Bonchev–Trinajstić information content (AvgIpc) is 3.04. The summed E-state index contributed by atoms with van der Waals surface area (Å²) in [6.07, 6.45) is -3.09. The van der Waals surface area contributed by atoms with Crippen molar-refractivity contribution in [2.24, 2.45) is 16.6 Å². The monoisotopic (exact) mass is 361 g/mol. The maximum atomic E-state index is 12.4. The minimum Gasteiger partial charge on any atom is -0.404 e. The molecule has 6 nitrogen and oxygen atoms in total. The number of hydrogen-bond donors (Lipinski definition) is 2. The Morgan fingerprint density at radius 3 is 2.88 bits per heavy atom. The van der Waals surface area contributed by atoms with E-state index in [-0.39, 0.29) is 17.4 Å². The first kappa shape index (κ1) is 19.3. The average molecular weight is 361 g/mol. The molecule has 1 aromatic rings. The summed E-state index contributed by atoms with van der Waals surface area (Å²) in [5.74, 6) is 0.109. The van der Waals surface area contributed by atoms with Crippen molar-refractivity contribution in [3.8, 4) is 5.75 Å². The van der Waals surface area contributed by atoms with E-state index in [0.717, 1.165) is 19.6 Å². The van der Waals surface area contributed by atoms with Crippen LogP contribution in [0.15, 0.2) is 29.3 Å². The van der Waals surface area contributed by atoms with Crippen molar-refractivity contribution in [1.82, 2.24) is 0 Å². The molecule has 1 fully saturated rings. The van der Waals surface area contributed by atoms with Crippen molar-refractivity contribution in [3.05, 3.63) is 24.3 Å². The first-order valence-electron chi connectivity index (χ1n) is 8.01. The van der Waals surface area contributed by atoms with Crippen LogP contribution in [-0.2, 0) is 9.47 Å². The van der Waals surface area contributed by atoms with Gasteiger partial charge in [0.1, 0.15) is 0 Å². The van der Waals surface area contributed by atoms with Crippen molar-refractivity contribution in [2.75, 3.05) is 38.3 Å². The van der Waals surface area contributed by atoms with Crippen molar-refractivity contribution in [3.63, 3.8) is 0 Å². The Morgan fingerprint density at radius 2 is 2.16 bits per heavy atom. The number of nitrogens with zero attached hydrogens (tertiary/aromatic N) is 1. The Morgan fingerprint density at radius 1 is 1.36 bits per heavy atom. The minimum atomic E-state index is -4.77. The quantitative estimate of drug-likeness (QED) is 0.423. The second-order valence-corrected chi connectivity index (χ2v) is 5.59. The summed E-state index contributed by atoms with van der Waals surface area (Å²) in [6, 6.07) is 5.63. The van der Waals surface area contributed by atoms with Crippen LogP contribution < -0.4 is 15.8 Å². The smallest absolute Gasteiger partial charge is 0.404 e. The normalized spacial score (nSPS) is 18.4. The SMILES string of the molecule is NC(=NCCCOCC1CCOC1)Nc1ccccc1OC(F)(F)F. The van der Waals surface area contributed by atoms with Crippen LogP contribution in [0.4, 0.5) is 18.9 Å². The van der Waals surface area contributed by atoms with E-state index in [1.807, 2.05) is 0 Å². The Kier molecular flexibility index (Phi) is 7.32. The summed E-state index contributed by atoms with van der Waals surface area (Å²) in [5.41, 5.74) is 5.79. The molecule has 1 aromatic carbocycles. The molecule has 0 spiro atoms. The molecule has 2 rings (SSSR count). The van der Waals surface area contributed by atoms with Gasteiger partial charge in [-0.2, -0.15) is 0 Å². The molecular formula is C16H22F3N3O3. The third kappa shape index (κ3) is 7.61. The molecule has 1 aliphatic rings. The highest BCUT2D eigenvalue weighted by Crippen LogP contribution is 2.29. The number of hydrogen-bond acceptors (Lipinski definition) is 4. The number of ether oxygens (including phenoxy) is 3. The van der Waals surface area contributed by atoms with Gasteiger partial charge in [-0.15, -0.1) is 13.2 Å². The summed E-state index contributed by atoms with van der Waals surface area (Å²) in [7, 11) is 0. The van der Waals surface area contributed by atoms with Crippen LogP contribution >= 0.6 is 0 Å². The Labute approximate surface area is 144 Å². The van der Waals surface area contributed by atoms with Crippen LogP contribution in [0.3, 0.4) is 0 Å². The lowest BCUT2D eigenvalue weighted by atomic mass is 10.1. The van der Waals surface area contributed by atoms with Crippen LogP contribution in [0.2, 0.25) is 0 Å². The number of aliphatic imine (C=N–C) groups is 1. The molecule has 0 aliphatic carbocycles. The van der Waals surface area contributed by atoms with Crippen molar-refractivity contribution in [2.45, 2.75) is 19.2 Å². The number of nitrogens with two attached hydrogens (primary N) is 1. The van der Waals surface area contributed by atoms with Gasteiger partial charge in [-0.25, -0.2) is 0 Å². The zero-order chi connectivity index (χ0) is 18.1. The summed E-state index contributed by atoms with van der Waals surface area (Å²) >= 11 is 0. The van der Waals surface area contributed by atoms with Crippen LogP contribution in [0, 0.1) is 5.92 Å². The lowest BCUT2D eigenvalue weighted by molar-refractivity contribution is -0.274. The zero-order valence-electron chi connectivity index (χ0n) is 13.7. The maximum Gasteiger partial charge on any atom is 0.573 e. The van der Waals surface area contributed by atoms with Crippen LogP contribution in [-0.4, -0.2) is 45.3 Å². The predicted molar refractivity (Wildman–Crippen MR) is 87.6 cm³/mol. The largest absolute Gasteiger partial charge is 0.573 e. The van der Waals surface area contributed by atoms with Gasteiger partial charge in [0.05, 0.1) is 18.9 Å². The van der Waals surface area contributed by atoms with Gasteiger partial charge in [-0.1, -0.05) is 12.1 Å². The van der Waals surface area contributed by atoms with E-state index in [2.05, 4.69) is 15.0 Å². The molecule has 1 unspecified atom stereocenters. The summed E-state index contributed by atoms with van der Waals surface area (Å²) in [4.78, 5) is 4.07. The zero-order valence-corrected chi connectivity index (χ0v) is 13.7. The van der Waals surface area contributed by atoms with E-state index in [1.165, 1.54) is 18.2 Å². The van der Waals surface area contributed by atoms with Gasteiger partial charge >= 0.3 is 6.36 Å². The van der Waals surface area contributed by atoms with Crippen LogP contribution in [0.25, 0.3) is 0 Å². The van der Waals surface area contributed by atoms with Gasteiger partial charge in [-0.3, -0.25) is 4.99 Å². The van der Waals surface area contributed by atoms with E-state index >= 15 is 0 Å². The van der Waals surface area contributed by atoms with E-state index in [4.69, 9.17) is 15.2 Å².